The summed E-state index contributed by atoms with van der Waals surface area (Å²) in [5.41, 5.74) is -1.99. The van der Waals surface area contributed by atoms with Gasteiger partial charge in [-0.3, -0.25) is 4.79 Å². The molecule has 3 rings (SSSR count). The van der Waals surface area contributed by atoms with Gasteiger partial charge in [0.1, 0.15) is 6.07 Å². The monoisotopic (exact) mass is 388 g/mol. The number of carbonyl (C=O) groups is 3. The van der Waals surface area contributed by atoms with Crippen molar-refractivity contribution in [3.05, 3.63) is 46.5 Å². The molecule has 0 N–H and O–H groups in total. The Morgan fingerprint density at radius 1 is 1.31 bits per heavy atom. The number of hydrogen-bond acceptors (Lipinski definition) is 5. The van der Waals surface area contributed by atoms with Crippen molar-refractivity contribution in [1.82, 2.24) is 0 Å². The summed E-state index contributed by atoms with van der Waals surface area (Å²) < 4.78 is 4.62. The number of rotatable bonds is 0. The molecule has 0 aliphatic heterocycles. The van der Waals surface area contributed by atoms with Crippen LogP contribution in [0.25, 0.3) is 4.85 Å². The Kier molecular flexibility index (Phi) is 4.60. The molecule has 29 heavy (non-hydrogen) atoms. The summed E-state index contributed by atoms with van der Waals surface area (Å²) in [6, 6.07) is 1.91. The highest BCUT2D eigenvalue weighted by Gasteiger charge is 2.59. The maximum atomic E-state index is 12.8. The fraction of sp³-hybridized carbons (Fsp3) is 0.435. The number of esters is 1. The second-order valence-corrected chi connectivity index (χ2v) is 8.37. The first-order chi connectivity index (χ1) is 13.6. The van der Waals surface area contributed by atoms with E-state index < -0.39 is 28.0 Å². The molecule has 1 fully saturated rings. The van der Waals surface area contributed by atoms with Crippen molar-refractivity contribution in [2.45, 2.75) is 33.6 Å². The maximum absolute atomic E-state index is 12.8. The Morgan fingerprint density at radius 3 is 2.59 bits per heavy atom. The summed E-state index contributed by atoms with van der Waals surface area (Å²) >= 11 is 0. The van der Waals surface area contributed by atoms with Crippen LogP contribution in [0.15, 0.2) is 35.1 Å². The number of nitrogens with zero attached hydrogens (tertiary/aromatic N) is 2. The highest BCUT2D eigenvalue weighted by Crippen LogP contribution is 2.63. The molecule has 0 bridgehead atoms. The number of ketones is 2. The molecule has 0 spiro atoms. The highest BCUT2D eigenvalue weighted by molar-refractivity contribution is 6.09. The molecule has 0 aromatic rings. The number of ether oxygens (including phenoxy) is 1. The van der Waals surface area contributed by atoms with Gasteiger partial charge in [-0.2, -0.15) is 5.26 Å². The Bertz CT molecular complexity index is 1080. The molecule has 0 aromatic carbocycles. The van der Waals surface area contributed by atoms with E-state index >= 15 is 0 Å². The average Bonchev–Trinajstić information content (AvgIpc) is 2.69. The summed E-state index contributed by atoms with van der Waals surface area (Å²) in [5, 5.41) is 9.38. The lowest BCUT2D eigenvalue weighted by molar-refractivity contribution is -0.133. The molecule has 3 aliphatic rings. The van der Waals surface area contributed by atoms with Crippen LogP contribution in [0.1, 0.15) is 33.6 Å². The van der Waals surface area contributed by atoms with Crippen molar-refractivity contribution < 1.29 is 19.1 Å². The third kappa shape index (κ3) is 2.82. The smallest absolute Gasteiger partial charge is 0.384 e. The van der Waals surface area contributed by atoms with Crippen molar-refractivity contribution >= 4 is 17.5 Å². The van der Waals surface area contributed by atoms with E-state index in [1.807, 2.05) is 26.8 Å². The molecule has 3 atom stereocenters. The number of allylic oxidation sites excluding steroid dienone is 6. The molecule has 1 saturated carbocycles. The molecule has 3 aliphatic carbocycles. The number of fused-ring (bicyclic) bond motifs is 3. The predicted octanol–water partition coefficient (Wildman–Crippen LogP) is 2.94. The van der Waals surface area contributed by atoms with E-state index in [2.05, 4.69) is 21.4 Å². The normalized spacial score (nSPS) is 31.9. The Morgan fingerprint density at radius 2 is 2.00 bits per heavy atom. The van der Waals surface area contributed by atoms with Crippen LogP contribution < -0.4 is 0 Å². The van der Waals surface area contributed by atoms with Gasteiger partial charge in [0, 0.05) is 16.8 Å². The lowest BCUT2D eigenvalue weighted by atomic mass is 9.46. The molecule has 0 amide bonds. The zero-order valence-corrected chi connectivity index (χ0v) is 16.8. The fourth-order valence-corrected chi connectivity index (χ4v) is 5.11. The topological polar surface area (TPSA) is 88.6 Å². The first-order valence-corrected chi connectivity index (χ1v) is 9.22. The van der Waals surface area contributed by atoms with Gasteiger partial charge in [-0.05, 0) is 36.5 Å². The molecule has 146 valence electrons. The summed E-state index contributed by atoms with van der Waals surface area (Å²) in [7, 11) is 1.23. The molecule has 6 nitrogen and oxygen atoms in total. The molecule has 6 heteroatoms. The number of methoxy groups -OCH3 is 1. The minimum Gasteiger partial charge on any atom is -0.459 e. The van der Waals surface area contributed by atoms with Crippen LogP contribution in [0.3, 0.4) is 0 Å². The molecule has 0 saturated heterocycles. The van der Waals surface area contributed by atoms with Gasteiger partial charge in [0.2, 0.25) is 5.70 Å². The second-order valence-electron chi connectivity index (χ2n) is 8.37. The standard InChI is InChI=1S/C23H20N2O4/c1-21(2)17-6-8-23(9-7-19(27)29-5)11-14(13-24)16(26)10-18(23)22(17,3)12-15(25-4)20(21)28/h10-12,17H,6,8H2,1-3,5H3. The van der Waals surface area contributed by atoms with Crippen LogP contribution in [-0.4, -0.2) is 24.6 Å². The molecular formula is C23H20N2O4. The van der Waals surface area contributed by atoms with Crippen LogP contribution in [-0.2, 0) is 19.1 Å². The van der Waals surface area contributed by atoms with Crippen LogP contribution in [0.4, 0.5) is 0 Å². The third-order valence-electron chi connectivity index (χ3n) is 6.48. The summed E-state index contributed by atoms with van der Waals surface area (Å²) in [6.45, 7) is 13.0. The van der Waals surface area contributed by atoms with Gasteiger partial charge < -0.3 is 9.53 Å². The first-order valence-electron chi connectivity index (χ1n) is 9.22. The summed E-state index contributed by atoms with van der Waals surface area (Å²) in [5.74, 6) is 3.87. The van der Waals surface area contributed by atoms with Crippen molar-refractivity contribution in [3.63, 3.8) is 0 Å². The van der Waals surface area contributed by atoms with Crippen molar-refractivity contribution in [3.8, 4) is 17.9 Å². The quantitative estimate of drug-likeness (QED) is 0.276. The minimum atomic E-state index is -1.02. The van der Waals surface area contributed by atoms with Gasteiger partial charge in [0.15, 0.2) is 11.6 Å². The largest absolute Gasteiger partial charge is 0.459 e. The predicted molar refractivity (Wildman–Crippen MR) is 103 cm³/mol. The SMILES string of the molecule is [C-]#[N+]C1=CC2(C)C3=CC(=O)C(C#N)=CC3(C#CC(=O)OC)CCC2C(C)(C)C1=O. The van der Waals surface area contributed by atoms with Gasteiger partial charge in [0.05, 0.1) is 24.7 Å². The number of hydrogen-bond donors (Lipinski definition) is 0. The molecular weight excluding hydrogens is 368 g/mol. The van der Waals surface area contributed by atoms with Crippen molar-refractivity contribution in [2.24, 2.45) is 22.2 Å². The van der Waals surface area contributed by atoms with Gasteiger partial charge in [-0.25, -0.2) is 9.64 Å². The Labute approximate surface area is 169 Å². The lowest BCUT2D eigenvalue weighted by Gasteiger charge is -2.56. The maximum Gasteiger partial charge on any atom is 0.384 e. The number of Topliss-reactive ketones (excluding diaryl/α,β-unsaturated/α-hetero) is 1. The first kappa shape index (κ1) is 20.3. The number of nitriles is 1. The van der Waals surface area contributed by atoms with Crippen LogP contribution in [0, 0.1) is 51.9 Å². The van der Waals surface area contributed by atoms with E-state index in [1.165, 1.54) is 19.3 Å². The summed E-state index contributed by atoms with van der Waals surface area (Å²) in [6.07, 6.45) is 5.58. The Hall–Kier alpha value is -3.43. The number of carbonyl (C=O) groups excluding carboxylic acids is 3. The zero-order valence-electron chi connectivity index (χ0n) is 16.8. The van der Waals surface area contributed by atoms with Gasteiger partial charge in [0.25, 0.3) is 0 Å². The average molecular weight is 388 g/mol. The van der Waals surface area contributed by atoms with Crippen molar-refractivity contribution in [1.29, 1.82) is 5.26 Å². The van der Waals surface area contributed by atoms with E-state index in [0.29, 0.717) is 18.4 Å². The molecule has 0 aromatic heterocycles. The van der Waals surface area contributed by atoms with Gasteiger partial charge in [-0.15, -0.1) is 0 Å². The van der Waals surface area contributed by atoms with Gasteiger partial charge >= 0.3 is 5.97 Å². The van der Waals surface area contributed by atoms with Crippen molar-refractivity contribution in [2.75, 3.05) is 7.11 Å². The minimum absolute atomic E-state index is 0.0320. The molecule has 0 radical (unpaired) electrons. The second kappa shape index (κ2) is 6.57. The van der Waals surface area contributed by atoms with E-state index in [9.17, 15) is 19.6 Å². The summed E-state index contributed by atoms with van der Waals surface area (Å²) in [4.78, 5) is 40.5. The van der Waals surface area contributed by atoms with E-state index in [0.717, 1.165) is 0 Å². The highest BCUT2D eigenvalue weighted by atomic mass is 16.5. The third-order valence-corrected chi connectivity index (χ3v) is 6.48. The Balaban J connectivity index is 2.30. The zero-order chi connectivity index (χ0) is 21.6. The molecule has 3 unspecified atom stereocenters. The van der Waals surface area contributed by atoms with Crippen LogP contribution in [0.2, 0.25) is 0 Å². The fourth-order valence-electron chi connectivity index (χ4n) is 5.11. The van der Waals surface area contributed by atoms with E-state index in [-0.39, 0.29) is 23.0 Å². The van der Waals surface area contributed by atoms with E-state index in [4.69, 9.17) is 6.57 Å². The van der Waals surface area contributed by atoms with Crippen LogP contribution in [0.5, 0.6) is 0 Å². The van der Waals surface area contributed by atoms with E-state index in [1.54, 1.807) is 6.08 Å². The lowest BCUT2D eigenvalue weighted by Crippen LogP contribution is -2.53. The molecule has 0 heterocycles. The van der Waals surface area contributed by atoms with Crippen LogP contribution >= 0.6 is 0 Å². The van der Waals surface area contributed by atoms with Gasteiger partial charge in [-0.1, -0.05) is 32.8 Å².